The fourth-order valence-electron chi connectivity index (χ4n) is 3.35. The molecule has 0 heterocycles. The van der Waals surface area contributed by atoms with Gasteiger partial charge in [-0.05, 0) is 17.8 Å². The highest BCUT2D eigenvalue weighted by Gasteiger charge is 2.51. The van der Waals surface area contributed by atoms with Crippen LogP contribution in [0.5, 0.6) is 0 Å². The second-order valence-corrected chi connectivity index (χ2v) is 9.15. The molecule has 0 spiro atoms. The van der Waals surface area contributed by atoms with Gasteiger partial charge in [0, 0.05) is 20.3 Å². The summed E-state index contributed by atoms with van der Waals surface area (Å²) in [6, 6.07) is 0.869. The van der Waals surface area contributed by atoms with Gasteiger partial charge in [0.1, 0.15) is 0 Å². The highest BCUT2D eigenvalue weighted by Crippen LogP contribution is 2.41. The van der Waals surface area contributed by atoms with Crippen molar-refractivity contribution in [3.05, 3.63) is 0 Å². The Kier molecular flexibility index (Phi) is 7.81. The minimum atomic E-state index is -2.57. The molecule has 0 saturated carbocycles. The van der Waals surface area contributed by atoms with Crippen LogP contribution in [0.3, 0.4) is 0 Å². The van der Waals surface area contributed by atoms with Crippen molar-refractivity contribution in [3.8, 4) is 0 Å². The van der Waals surface area contributed by atoms with Crippen LogP contribution in [-0.2, 0) is 13.3 Å². The lowest BCUT2D eigenvalue weighted by atomic mass is 9.73. The Labute approximate surface area is 121 Å². The predicted octanol–water partition coefficient (Wildman–Crippen LogP) is 4.35. The molecule has 0 fully saturated rings. The Bertz CT molecular complexity index is 226. The Morgan fingerprint density at radius 2 is 1.21 bits per heavy atom. The second-order valence-electron chi connectivity index (χ2n) is 6.26. The minimum absolute atomic E-state index is 0.201. The van der Waals surface area contributed by atoms with E-state index in [1.54, 1.807) is 14.2 Å². The SMILES string of the molecule is CCC[Si](OC)(OC)OC(C(C)C)(C(C)C)C(C)C. The Morgan fingerprint density at radius 1 is 0.842 bits per heavy atom. The average molecular weight is 291 g/mol. The monoisotopic (exact) mass is 290 g/mol. The van der Waals surface area contributed by atoms with Crippen LogP contribution in [0, 0.1) is 17.8 Å². The maximum absolute atomic E-state index is 6.64. The molecule has 0 aromatic heterocycles. The van der Waals surface area contributed by atoms with Crippen LogP contribution in [0.1, 0.15) is 54.9 Å². The first-order valence-corrected chi connectivity index (χ1v) is 9.46. The molecule has 116 valence electrons. The maximum atomic E-state index is 6.64. The molecule has 0 amide bonds. The van der Waals surface area contributed by atoms with Gasteiger partial charge in [-0.1, -0.05) is 54.9 Å². The third-order valence-corrected chi connectivity index (χ3v) is 7.24. The van der Waals surface area contributed by atoms with E-state index in [1.165, 1.54) is 0 Å². The molecule has 0 radical (unpaired) electrons. The van der Waals surface area contributed by atoms with Crippen molar-refractivity contribution >= 4 is 8.80 Å². The number of rotatable bonds is 9. The third kappa shape index (κ3) is 4.03. The maximum Gasteiger partial charge on any atom is 0.500 e. The largest absolute Gasteiger partial charge is 0.500 e. The normalized spacial score (nSPS) is 13.9. The van der Waals surface area contributed by atoms with Gasteiger partial charge in [0.05, 0.1) is 5.60 Å². The van der Waals surface area contributed by atoms with Crippen LogP contribution < -0.4 is 0 Å². The van der Waals surface area contributed by atoms with Crippen molar-refractivity contribution in [3.63, 3.8) is 0 Å². The Hall–Kier alpha value is 0.0969. The van der Waals surface area contributed by atoms with E-state index < -0.39 is 8.80 Å². The molecule has 0 N–H and O–H groups in total. The quantitative estimate of drug-likeness (QED) is 0.591. The highest BCUT2D eigenvalue weighted by molar-refractivity contribution is 6.60. The average Bonchev–Trinajstić information content (AvgIpc) is 2.33. The van der Waals surface area contributed by atoms with Crippen molar-refractivity contribution in [1.82, 2.24) is 0 Å². The molecule has 0 aliphatic rings. The minimum Gasteiger partial charge on any atom is -0.377 e. The van der Waals surface area contributed by atoms with Crippen molar-refractivity contribution in [2.24, 2.45) is 17.8 Å². The first-order valence-electron chi connectivity index (χ1n) is 7.52. The molecular formula is C15H34O3Si. The smallest absolute Gasteiger partial charge is 0.377 e. The van der Waals surface area contributed by atoms with Gasteiger partial charge < -0.3 is 13.3 Å². The summed E-state index contributed by atoms with van der Waals surface area (Å²) in [6.07, 6.45) is 1.01. The summed E-state index contributed by atoms with van der Waals surface area (Å²) in [5.41, 5.74) is -0.201. The van der Waals surface area contributed by atoms with Crippen molar-refractivity contribution in [1.29, 1.82) is 0 Å². The van der Waals surface area contributed by atoms with E-state index >= 15 is 0 Å². The van der Waals surface area contributed by atoms with Crippen LogP contribution in [0.15, 0.2) is 0 Å². The first kappa shape index (κ1) is 19.1. The van der Waals surface area contributed by atoms with Gasteiger partial charge >= 0.3 is 8.80 Å². The van der Waals surface area contributed by atoms with Crippen LogP contribution >= 0.6 is 0 Å². The van der Waals surface area contributed by atoms with Crippen LogP contribution in [0.25, 0.3) is 0 Å². The molecule has 0 saturated heterocycles. The zero-order valence-corrected chi connectivity index (χ0v) is 15.4. The molecule has 0 aliphatic carbocycles. The lowest BCUT2D eigenvalue weighted by Gasteiger charge is -2.49. The lowest BCUT2D eigenvalue weighted by molar-refractivity contribution is -0.108. The van der Waals surface area contributed by atoms with Crippen molar-refractivity contribution in [2.75, 3.05) is 14.2 Å². The number of hydrogen-bond acceptors (Lipinski definition) is 3. The second kappa shape index (κ2) is 7.77. The van der Waals surface area contributed by atoms with Gasteiger partial charge in [-0.2, -0.15) is 0 Å². The van der Waals surface area contributed by atoms with Crippen LogP contribution in [0.2, 0.25) is 6.04 Å². The standard InChI is InChI=1S/C15H34O3Si/c1-10-11-19(16-8,17-9)18-15(12(2)3,13(4)5)14(6)7/h12-14H,10-11H2,1-9H3. The van der Waals surface area contributed by atoms with Gasteiger partial charge in [0.25, 0.3) is 0 Å². The first-order chi connectivity index (χ1) is 8.72. The van der Waals surface area contributed by atoms with E-state index in [-0.39, 0.29) is 5.60 Å². The highest BCUT2D eigenvalue weighted by atomic mass is 28.4. The molecule has 0 bridgehead atoms. The van der Waals surface area contributed by atoms with E-state index in [2.05, 4.69) is 48.5 Å². The summed E-state index contributed by atoms with van der Waals surface area (Å²) in [7, 11) is 0.872. The predicted molar refractivity (Wildman–Crippen MR) is 83.2 cm³/mol. The van der Waals surface area contributed by atoms with Crippen LogP contribution in [-0.4, -0.2) is 28.6 Å². The summed E-state index contributed by atoms with van der Waals surface area (Å²) < 4.78 is 18.1. The number of hydrogen-bond donors (Lipinski definition) is 0. The molecule has 4 heteroatoms. The molecule has 19 heavy (non-hydrogen) atoms. The van der Waals surface area contributed by atoms with Gasteiger partial charge in [-0.15, -0.1) is 0 Å². The fourth-order valence-corrected chi connectivity index (χ4v) is 6.05. The van der Waals surface area contributed by atoms with Gasteiger partial charge in [-0.25, -0.2) is 0 Å². The molecule has 0 aromatic carbocycles. The molecular weight excluding hydrogens is 256 g/mol. The Morgan fingerprint density at radius 3 is 1.42 bits per heavy atom. The van der Waals surface area contributed by atoms with E-state index in [0.717, 1.165) is 12.5 Å². The Balaban J connectivity index is 5.51. The van der Waals surface area contributed by atoms with E-state index in [4.69, 9.17) is 13.3 Å². The zero-order chi connectivity index (χ0) is 15.3. The fraction of sp³-hybridized carbons (Fsp3) is 1.00. The molecule has 0 unspecified atom stereocenters. The van der Waals surface area contributed by atoms with Gasteiger partial charge in [0.2, 0.25) is 0 Å². The molecule has 0 aromatic rings. The van der Waals surface area contributed by atoms with E-state index in [1.807, 2.05) is 0 Å². The summed E-state index contributed by atoms with van der Waals surface area (Å²) in [5, 5.41) is 0. The molecule has 0 atom stereocenters. The molecule has 3 nitrogen and oxygen atoms in total. The van der Waals surface area contributed by atoms with Gasteiger partial charge in [0.15, 0.2) is 0 Å². The summed E-state index contributed by atoms with van der Waals surface area (Å²) >= 11 is 0. The van der Waals surface area contributed by atoms with Gasteiger partial charge in [-0.3, -0.25) is 0 Å². The third-order valence-electron chi connectivity index (χ3n) is 4.22. The van der Waals surface area contributed by atoms with Crippen molar-refractivity contribution in [2.45, 2.75) is 66.5 Å². The summed E-state index contributed by atoms with van der Waals surface area (Å²) in [6.45, 7) is 15.5. The lowest BCUT2D eigenvalue weighted by Crippen LogP contribution is -2.58. The molecule has 0 aliphatic heterocycles. The van der Waals surface area contributed by atoms with E-state index in [0.29, 0.717) is 17.8 Å². The molecule has 0 rings (SSSR count). The summed E-state index contributed by atoms with van der Waals surface area (Å²) in [5.74, 6) is 1.25. The van der Waals surface area contributed by atoms with Crippen LogP contribution in [0.4, 0.5) is 0 Å². The van der Waals surface area contributed by atoms with Crippen molar-refractivity contribution < 1.29 is 13.3 Å². The zero-order valence-electron chi connectivity index (χ0n) is 14.4. The summed E-state index contributed by atoms with van der Waals surface area (Å²) in [4.78, 5) is 0. The topological polar surface area (TPSA) is 27.7 Å². The van der Waals surface area contributed by atoms with E-state index in [9.17, 15) is 0 Å².